The zero-order valence-electron chi connectivity index (χ0n) is 14.7. The highest BCUT2D eigenvalue weighted by Gasteiger charge is 2.10. The lowest BCUT2D eigenvalue weighted by Gasteiger charge is -2.07. The summed E-state index contributed by atoms with van der Waals surface area (Å²) in [5, 5.41) is 9.56. The highest BCUT2D eigenvalue weighted by Crippen LogP contribution is 2.25. The minimum absolute atomic E-state index is 0.149. The summed E-state index contributed by atoms with van der Waals surface area (Å²) in [6.07, 6.45) is 1.76. The number of nitrogens with one attached hydrogen (secondary N) is 1. The lowest BCUT2D eigenvalue weighted by atomic mass is 10.1. The van der Waals surface area contributed by atoms with Gasteiger partial charge >= 0.3 is 5.97 Å². The topological polar surface area (TPSA) is 88.0 Å². The van der Waals surface area contributed by atoms with E-state index in [-0.39, 0.29) is 6.61 Å². The largest absolute Gasteiger partial charge is 0.481 e. The second-order valence-corrected chi connectivity index (χ2v) is 6.99. The summed E-state index contributed by atoms with van der Waals surface area (Å²) in [7, 11) is 1.31. The van der Waals surface area contributed by atoms with E-state index in [9.17, 15) is 10.1 Å². The molecule has 0 atom stereocenters. The van der Waals surface area contributed by atoms with E-state index in [1.165, 1.54) is 7.11 Å². The summed E-state index contributed by atoms with van der Waals surface area (Å²) >= 11 is 2.12. The maximum absolute atomic E-state index is 11.2. The van der Waals surface area contributed by atoms with Crippen molar-refractivity contribution in [2.24, 2.45) is 0 Å². The standard InChI is InChI=1S/C20H16IN3O3/c1-12-3-5-16-17(7-12)24-20(23-16)14(10-22)8-13-4-6-18(15(21)9-13)27-11-19(25)26-2/h3-9H,11H2,1-2H3,(H,23,24). The highest BCUT2D eigenvalue weighted by atomic mass is 127. The van der Waals surface area contributed by atoms with Gasteiger partial charge in [-0.2, -0.15) is 5.26 Å². The van der Waals surface area contributed by atoms with Gasteiger partial charge in [-0.1, -0.05) is 12.1 Å². The Morgan fingerprint density at radius 3 is 2.85 bits per heavy atom. The summed E-state index contributed by atoms with van der Waals surface area (Å²) < 4.78 is 10.8. The monoisotopic (exact) mass is 473 g/mol. The summed E-state index contributed by atoms with van der Waals surface area (Å²) in [4.78, 5) is 18.9. The third-order valence-electron chi connectivity index (χ3n) is 3.85. The van der Waals surface area contributed by atoms with Gasteiger partial charge in [0, 0.05) is 0 Å². The van der Waals surface area contributed by atoms with Gasteiger partial charge in [-0.15, -0.1) is 0 Å². The molecule has 0 saturated heterocycles. The van der Waals surface area contributed by atoms with Crippen molar-refractivity contribution in [2.75, 3.05) is 13.7 Å². The van der Waals surface area contributed by atoms with Crippen LogP contribution < -0.4 is 4.74 Å². The van der Waals surface area contributed by atoms with Crippen LogP contribution in [0.5, 0.6) is 5.75 Å². The van der Waals surface area contributed by atoms with Crippen LogP contribution in [0, 0.1) is 21.8 Å². The van der Waals surface area contributed by atoms with E-state index in [2.05, 4.69) is 43.4 Å². The molecule has 0 aliphatic rings. The lowest BCUT2D eigenvalue weighted by molar-refractivity contribution is -0.142. The number of esters is 1. The van der Waals surface area contributed by atoms with Gasteiger partial charge in [0.2, 0.25) is 0 Å². The first kappa shape index (κ1) is 18.9. The van der Waals surface area contributed by atoms with Crippen LogP contribution in [0.15, 0.2) is 36.4 Å². The fourth-order valence-corrected chi connectivity index (χ4v) is 3.19. The Morgan fingerprint density at radius 1 is 1.33 bits per heavy atom. The van der Waals surface area contributed by atoms with Gasteiger partial charge < -0.3 is 14.5 Å². The number of nitrogens with zero attached hydrogens (tertiary/aromatic N) is 2. The second-order valence-electron chi connectivity index (χ2n) is 5.83. The van der Waals surface area contributed by atoms with E-state index in [0.717, 1.165) is 25.7 Å². The minimum atomic E-state index is -0.443. The van der Waals surface area contributed by atoms with Crippen LogP contribution in [0.3, 0.4) is 0 Å². The van der Waals surface area contributed by atoms with Crippen LogP contribution >= 0.6 is 22.6 Å². The number of halogens is 1. The third kappa shape index (κ3) is 4.46. The number of nitriles is 1. The fraction of sp³-hybridized carbons (Fsp3) is 0.150. The third-order valence-corrected chi connectivity index (χ3v) is 4.70. The number of hydrogen-bond acceptors (Lipinski definition) is 5. The van der Waals surface area contributed by atoms with E-state index in [4.69, 9.17) is 4.74 Å². The van der Waals surface area contributed by atoms with Gasteiger partial charge in [-0.05, 0) is 71.0 Å². The Hall–Kier alpha value is -2.86. The first-order chi connectivity index (χ1) is 13.0. The Kier molecular flexibility index (Phi) is 5.76. The zero-order chi connectivity index (χ0) is 19.4. The number of carbonyl (C=O) groups is 1. The van der Waals surface area contributed by atoms with Gasteiger partial charge in [0.05, 0.1) is 27.3 Å². The first-order valence-electron chi connectivity index (χ1n) is 8.08. The van der Waals surface area contributed by atoms with Gasteiger partial charge in [0.1, 0.15) is 17.6 Å². The average molecular weight is 473 g/mol. The number of aryl methyl sites for hydroxylation is 1. The normalized spacial score (nSPS) is 11.3. The SMILES string of the molecule is COC(=O)COc1ccc(C=C(C#N)c2nc3ccc(C)cc3[nH]2)cc1I. The maximum Gasteiger partial charge on any atom is 0.343 e. The summed E-state index contributed by atoms with van der Waals surface area (Å²) in [5.74, 6) is 0.664. The van der Waals surface area contributed by atoms with Gasteiger partial charge in [-0.25, -0.2) is 9.78 Å². The molecule has 0 aliphatic heterocycles. The predicted molar refractivity (Wildman–Crippen MR) is 111 cm³/mol. The van der Waals surface area contributed by atoms with E-state index < -0.39 is 5.97 Å². The molecule has 6 nitrogen and oxygen atoms in total. The minimum Gasteiger partial charge on any atom is -0.481 e. The summed E-state index contributed by atoms with van der Waals surface area (Å²) in [6.45, 7) is 1.86. The molecule has 0 fully saturated rings. The molecule has 1 heterocycles. The number of ether oxygens (including phenoxy) is 2. The number of aromatic amines is 1. The Labute approximate surface area is 170 Å². The van der Waals surface area contributed by atoms with Crippen molar-refractivity contribution in [1.29, 1.82) is 5.26 Å². The summed E-state index contributed by atoms with van der Waals surface area (Å²) in [5.41, 5.74) is 4.10. The van der Waals surface area contributed by atoms with Gasteiger partial charge in [0.25, 0.3) is 0 Å². The number of H-pyrrole nitrogens is 1. The molecule has 0 radical (unpaired) electrons. The van der Waals surface area contributed by atoms with Crippen molar-refractivity contribution in [3.8, 4) is 11.8 Å². The molecular weight excluding hydrogens is 457 g/mol. The number of allylic oxidation sites excluding steroid dienone is 1. The number of hydrogen-bond donors (Lipinski definition) is 1. The molecule has 0 saturated carbocycles. The predicted octanol–water partition coefficient (Wildman–Crippen LogP) is 4.09. The molecule has 0 unspecified atom stereocenters. The van der Waals surface area contributed by atoms with Crippen LogP contribution in [-0.4, -0.2) is 29.7 Å². The number of fused-ring (bicyclic) bond motifs is 1. The number of carbonyl (C=O) groups excluding carboxylic acids is 1. The zero-order valence-corrected chi connectivity index (χ0v) is 16.9. The number of rotatable bonds is 5. The van der Waals surface area contributed by atoms with Crippen LogP contribution in [0.4, 0.5) is 0 Å². The van der Waals surface area contributed by atoms with Crippen LogP contribution in [0.2, 0.25) is 0 Å². The van der Waals surface area contributed by atoms with Crippen molar-refractivity contribution >= 4 is 51.2 Å². The number of methoxy groups -OCH3 is 1. The van der Waals surface area contributed by atoms with Crippen molar-refractivity contribution < 1.29 is 14.3 Å². The average Bonchev–Trinajstić information content (AvgIpc) is 3.07. The molecular formula is C20H16IN3O3. The van der Waals surface area contributed by atoms with Gasteiger partial charge in [-0.3, -0.25) is 0 Å². The highest BCUT2D eigenvalue weighted by molar-refractivity contribution is 14.1. The van der Waals surface area contributed by atoms with Crippen LogP contribution in [0.1, 0.15) is 17.0 Å². The van der Waals surface area contributed by atoms with E-state index >= 15 is 0 Å². The molecule has 0 spiro atoms. The molecule has 3 aromatic rings. The molecule has 0 bridgehead atoms. The van der Waals surface area contributed by atoms with Crippen molar-refractivity contribution in [2.45, 2.75) is 6.92 Å². The van der Waals surface area contributed by atoms with E-state index in [0.29, 0.717) is 17.1 Å². The fourth-order valence-electron chi connectivity index (χ4n) is 2.49. The lowest BCUT2D eigenvalue weighted by Crippen LogP contribution is -2.13. The van der Waals surface area contributed by atoms with E-state index in [1.807, 2.05) is 37.3 Å². The Morgan fingerprint density at radius 2 is 2.15 bits per heavy atom. The number of aromatic nitrogens is 2. The number of imidazole rings is 1. The molecule has 0 aliphatic carbocycles. The van der Waals surface area contributed by atoms with Crippen molar-refractivity contribution in [3.05, 3.63) is 56.9 Å². The van der Waals surface area contributed by atoms with Gasteiger partial charge in [0.15, 0.2) is 6.61 Å². The second kappa shape index (κ2) is 8.22. The Balaban J connectivity index is 1.87. The quantitative estimate of drug-likeness (QED) is 0.343. The maximum atomic E-state index is 11.2. The molecule has 136 valence electrons. The van der Waals surface area contributed by atoms with Crippen LogP contribution in [-0.2, 0) is 9.53 Å². The molecule has 1 aromatic heterocycles. The molecule has 27 heavy (non-hydrogen) atoms. The van der Waals surface area contributed by atoms with Crippen molar-refractivity contribution in [1.82, 2.24) is 9.97 Å². The molecule has 3 rings (SSSR count). The molecule has 0 amide bonds. The molecule has 1 N–H and O–H groups in total. The van der Waals surface area contributed by atoms with Crippen LogP contribution in [0.25, 0.3) is 22.7 Å². The molecule has 7 heteroatoms. The smallest absolute Gasteiger partial charge is 0.343 e. The number of benzene rings is 2. The first-order valence-corrected chi connectivity index (χ1v) is 9.15. The molecule has 2 aromatic carbocycles. The Bertz CT molecular complexity index is 1080. The van der Waals surface area contributed by atoms with E-state index in [1.54, 1.807) is 12.1 Å². The summed E-state index contributed by atoms with van der Waals surface area (Å²) in [6, 6.07) is 13.6. The van der Waals surface area contributed by atoms with Crippen molar-refractivity contribution in [3.63, 3.8) is 0 Å².